The number of aryl methyl sites for hydroxylation is 2. The van der Waals surface area contributed by atoms with Crippen molar-refractivity contribution in [3.8, 4) is 22.7 Å². The van der Waals surface area contributed by atoms with Crippen LogP contribution in [0, 0.1) is 6.92 Å². The van der Waals surface area contributed by atoms with E-state index in [1.54, 1.807) is 31.4 Å². The molecule has 0 spiro atoms. The largest absolute Gasteiger partial charge is 0.496 e. The van der Waals surface area contributed by atoms with Gasteiger partial charge in [0.2, 0.25) is 0 Å². The highest BCUT2D eigenvalue weighted by molar-refractivity contribution is 5.65. The number of ether oxygens (including phenoxy) is 1. The van der Waals surface area contributed by atoms with Crippen molar-refractivity contribution in [1.29, 1.82) is 0 Å². The normalized spacial score (nSPS) is 11.6. The maximum atomic E-state index is 13.2. The molecule has 0 amide bonds. The average Bonchev–Trinajstić information content (AvgIpc) is 3.07. The van der Waals surface area contributed by atoms with Crippen LogP contribution in [0.5, 0.6) is 5.75 Å². The SMILES string of the molecule is CCc1cc(-c2cc(C(F)(F)F)nn2-c2ccc(C)cc2)ccc1OC. The van der Waals surface area contributed by atoms with Crippen molar-refractivity contribution in [2.75, 3.05) is 7.11 Å². The Morgan fingerprint density at radius 3 is 2.31 bits per heavy atom. The van der Waals surface area contributed by atoms with Gasteiger partial charge in [-0.15, -0.1) is 0 Å². The Kier molecular flexibility index (Phi) is 4.76. The zero-order valence-corrected chi connectivity index (χ0v) is 14.8. The summed E-state index contributed by atoms with van der Waals surface area (Å²) < 4.78 is 46.4. The molecule has 3 nitrogen and oxygen atoms in total. The average molecular weight is 360 g/mol. The monoisotopic (exact) mass is 360 g/mol. The van der Waals surface area contributed by atoms with Crippen molar-refractivity contribution >= 4 is 0 Å². The van der Waals surface area contributed by atoms with E-state index in [0.29, 0.717) is 29.1 Å². The van der Waals surface area contributed by atoms with Crippen LogP contribution in [0.4, 0.5) is 13.2 Å². The van der Waals surface area contributed by atoms with Crippen molar-refractivity contribution in [2.45, 2.75) is 26.4 Å². The molecule has 0 atom stereocenters. The highest BCUT2D eigenvalue weighted by atomic mass is 19.4. The topological polar surface area (TPSA) is 27.1 Å². The van der Waals surface area contributed by atoms with E-state index in [9.17, 15) is 13.2 Å². The van der Waals surface area contributed by atoms with Crippen LogP contribution in [-0.2, 0) is 12.6 Å². The van der Waals surface area contributed by atoms with Gasteiger partial charge in [-0.1, -0.05) is 24.6 Å². The number of rotatable bonds is 4. The van der Waals surface area contributed by atoms with E-state index in [-0.39, 0.29) is 0 Å². The van der Waals surface area contributed by atoms with Crippen molar-refractivity contribution in [3.63, 3.8) is 0 Å². The minimum Gasteiger partial charge on any atom is -0.496 e. The van der Waals surface area contributed by atoms with Gasteiger partial charge in [-0.2, -0.15) is 18.3 Å². The van der Waals surface area contributed by atoms with Gasteiger partial charge < -0.3 is 4.74 Å². The summed E-state index contributed by atoms with van der Waals surface area (Å²) in [6.07, 6.45) is -3.80. The van der Waals surface area contributed by atoms with E-state index in [2.05, 4.69) is 5.10 Å². The Bertz CT molecular complexity index is 912. The molecule has 3 aromatic rings. The fourth-order valence-corrected chi connectivity index (χ4v) is 2.82. The number of hydrogen-bond donors (Lipinski definition) is 0. The lowest BCUT2D eigenvalue weighted by Gasteiger charge is -2.11. The summed E-state index contributed by atoms with van der Waals surface area (Å²) in [5.74, 6) is 0.716. The lowest BCUT2D eigenvalue weighted by atomic mass is 10.0. The fourth-order valence-electron chi connectivity index (χ4n) is 2.82. The molecule has 0 unspecified atom stereocenters. The van der Waals surface area contributed by atoms with Gasteiger partial charge in [-0.25, -0.2) is 4.68 Å². The van der Waals surface area contributed by atoms with Gasteiger partial charge in [-0.3, -0.25) is 0 Å². The summed E-state index contributed by atoms with van der Waals surface area (Å²) in [6, 6.07) is 13.7. The maximum absolute atomic E-state index is 13.2. The number of methoxy groups -OCH3 is 1. The van der Waals surface area contributed by atoms with Crippen LogP contribution in [-0.4, -0.2) is 16.9 Å². The summed E-state index contributed by atoms with van der Waals surface area (Å²) in [5.41, 5.74) is 2.66. The molecule has 1 aromatic heterocycles. The van der Waals surface area contributed by atoms with Gasteiger partial charge >= 0.3 is 6.18 Å². The second kappa shape index (κ2) is 6.86. The molecule has 0 bridgehead atoms. The molecule has 0 saturated carbocycles. The number of halogens is 3. The second-order valence-electron chi connectivity index (χ2n) is 6.04. The van der Waals surface area contributed by atoms with Crippen LogP contribution >= 0.6 is 0 Å². The van der Waals surface area contributed by atoms with E-state index < -0.39 is 11.9 Å². The smallest absolute Gasteiger partial charge is 0.435 e. The van der Waals surface area contributed by atoms with E-state index in [0.717, 1.165) is 17.2 Å². The molecule has 3 rings (SSSR count). The first-order valence-electron chi connectivity index (χ1n) is 8.25. The van der Waals surface area contributed by atoms with E-state index in [1.807, 2.05) is 32.0 Å². The summed E-state index contributed by atoms with van der Waals surface area (Å²) >= 11 is 0. The van der Waals surface area contributed by atoms with Crippen molar-refractivity contribution in [1.82, 2.24) is 9.78 Å². The lowest BCUT2D eigenvalue weighted by Crippen LogP contribution is -2.07. The van der Waals surface area contributed by atoms with Crippen molar-refractivity contribution < 1.29 is 17.9 Å². The van der Waals surface area contributed by atoms with Gasteiger partial charge in [0, 0.05) is 5.56 Å². The van der Waals surface area contributed by atoms with Gasteiger partial charge in [0.1, 0.15) is 5.75 Å². The molecule has 136 valence electrons. The molecule has 6 heteroatoms. The summed E-state index contributed by atoms with van der Waals surface area (Å²) in [5, 5.41) is 3.82. The highest BCUT2D eigenvalue weighted by Crippen LogP contribution is 2.34. The molecule has 0 N–H and O–H groups in total. The van der Waals surface area contributed by atoms with Gasteiger partial charge in [-0.05, 0) is 55.3 Å². The fraction of sp³-hybridized carbons (Fsp3) is 0.250. The third-order valence-corrected chi connectivity index (χ3v) is 4.24. The minimum absolute atomic E-state index is 0.388. The zero-order chi connectivity index (χ0) is 18.9. The van der Waals surface area contributed by atoms with Crippen LogP contribution in [0.2, 0.25) is 0 Å². The van der Waals surface area contributed by atoms with E-state index in [1.165, 1.54) is 4.68 Å². The summed E-state index contributed by atoms with van der Waals surface area (Å²) in [4.78, 5) is 0. The predicted molar refractivity (Wildman–Crippen MR) is 94.7 cm³/mol. The third-order valence-electron chi connectivity index (χ3n) is 4.24. The van der Waals surface area contributed by atoms with E-state index >= 15 is 0 Å². The quantitative estimate of drug-likeness (QED) is 0.620. The molecule has 0 radical (unpaired) electrons. The van der Waals surface area contributed by atoms with Crippen LogP contribution in [0.1, 0.15) is 23.7 Å². The Hall–Kier alpha value is -2.76. The van der Waals surface area contributed by atoms with E-state index in [4.69, 9.17) is 4.74 Å². The standard InChI is InChI=1S/C20H19F3N2O/c1-4-14-11-15(7-10-18(14)26-3)17-12-19(20(21,22)23)24-25(17)16-8-5-13(2)6-9-16/h5-12H,4H2,1-3H3. The molecular formula is C20H19F3N2O. The first-order chi connectivity index (χ1) is 12.3. The van der Waals surface area contributed by atoms with Gasteiger partial charge in [0.25, 0.3) is 0 Å². The predicted octanol–water partition coefficient (Wildman–Crippen LogP) is 5.44. The number of aromatic nitrogens is 2. The summed E-state index contributed by atoms with van der Waals surface area (Å²) in [6.45, 7) is 3.89. The molecule has 0 fully saturated rings. The highest BCUT2D eigenvalue weighted by Gasteiger charge is 2.35. The molecule has 1 heterocycles. The maximum Gasteiger partial charge on any atom is 0.435 e. The zero-order valence-electron chi connectivity index (χ0n) is 14.8. The molecule has 0 aliphatic rings. The molecule has 0 aliphatic heterocycles. The van der Waals surface area contributed by atoms with Crippen molar-refractivity contribution in [2.24, 2.45) is 0 Å². The van der Waals surface area contributed by atoms with Crippen molar-refractivity contribution in [3.05, 3.63) is 65.4 Å². The van der Waals surface area contributed by atoms with Crippen LogP contribution in [0.15, 0.2) is 48.5 Å². The van der Waals surface area contributed by atoms with Crippen LogP contribution < -0.4 is 4.74 Å². The molecule has 2 aromatic carbocycles. The summed E-state index contributed by atoms with van der Waals surface area (Å²) in [7, 11) is 1.58. The van der Waals surface area contributed by atoms with Gasteiger partial charge in [0.15, 0.2) is 5.69 Å². The molecule has 0 aliphatic carbocycles. The minimum atomic E-state index is -4.51. The number of benzene rings is 2. The lowest BCUT2D eigenvalue weighted by molar-refractivity contribution is -0.141. The first-order valence-corrected chi connectivity index (χ1v) is 8.25. The van der Waals surface area contributed by atoms with Gasteiger partial charge in [0.05, 0.1) is 18.5 Å². The molecule has 26 heavy (non-hydrogen) atoms. The van der Waals surface area contributed by atoms with Crippen LogP contribution in [0.25, 0.3) is 16.9 Å². The number of hydrogen-bond acceptors (Lipinski definition) is 2. The molecular weight excluding hydrogens is 341 g/mol. The van der Waals surface area contributed by atoms with Crippen LogP contribution in [0.3, 0.4) is 0 Å². The Balaban J connectivity index is 2.19. The second-order valence-corrected chi connectivity index (χ2v) is 6.04. The molecule has 0 saturated heterocycles. The number of nitrogens with zero attached hydrogens (tertiary/aromatic N) is 2. The Morgan fingerprint density at radius 1 is 1.04 bits per heavy atom. The Labute approximate surface area is 150 Å². The third kappa shape index (κ3) is 3.45. The first kappa shape index (κ1) is 18.0. The number of alkyl halides is 3. The Morgan fingerprint density at radius 2 is 1.73 bits per heavy atom.